The second-order valence-corrected chi connectivity index (χ2v) is 4.55. The summed E-state index contributed by atoms with van der Waals surface area (Å²) in [4.78, 5) is 16.8. The third-order valence-electron chi connectivity index (χ3n) is 2.86. The van der Waals surface area contributed by atoms with Crippen LogP contribution in [0.3, 0.4) is 0 Å². The highest BCUT2D eigenvalue weighted by Crippen LogP contribution is 2.18. The molecule has 0 amide bonds. The van der Waals surface area contributed by atoms with Crippen LogP contribution in [0.15, 0.2) is 24.5 Å². The topological polar surface area (TPSA) is 84.9 Å². The number of rotatable bonds is 7. The highest BCUT2D eigenvalue weighted by molar-refractivity contribution is 5.38. The molecule has 0 radical (unpaired) electrons. The van der Waals surface area contributed by atoms with E-state index in [1.165, 1.54) is 7.11 Å². The van der Waals surface area contributed by atoms with Gasteiger partial charge < -0.3 is 15.4 Å². The van der Waals surface area contributed by atoms with E-state index in [1.54, 1.807) is 6.20 Å². The van der Waals surface area contributed by atoms with E-state index in [-0.39, 0.29) is 12.1 Å². The highest BCUT2D eigenvalue weighted by atomic mass is 16.5. The van der Waals surface area contributed by atoms with Crippen molar-refractivity contribution in [3.8, 4) is 6.01 Å². The van der Waals surface area contributed by atoms with Crippen LogP contribution in [0.1, 0.15) is 31.9 Å². The standard InChI is InChI=1S/C14H20N6O/c1-4-7-16-12-18-13(20-14(19-12)21-3)17-10(2)11-6-5-8-15-9-11/h5-6,8-10H,4,7H2,1-3H3,(H2,16,17,18,19,20). The van der Waals surface area contributed by atoms with Crippen LogP contribution in [0.2, 0.25) is 0 Å². The van der Waals surface area contributed by atoms with Gasteiger partial charge in [-0.05, 0) is 25.0 Å². The van der Waals surface area contributed by atoms with Gasteiger partial charge in [0, 0.05) is 18.9 Å². The molecule has 7 nitrogen and oxygen atoms in total. The van der Waals surface area contributed by atoms with Crippen LogP contribution in [0, 0.1) is 0 Å². The lowest BCUT2D eigenvalue weighted by Gasteiger charge is -2.14. The summed E-state index contributed by atoms with van der Waals surface area (Å²) in [6.07, 6.45) is 4.55. The minimum Gasteiger partial charge on any atom is -0.467 e. The predicted octanol–water partition coefficient (Wildman–Crippen LogP) is 2.27. The van der Waals surface area contributed by atoms with Crippen molar-refractivity contribution < 1.29 is 4.74 Å². The number of anilines is 2. The summed E-state index contributed by atoms with van der Waals surface area (Å²) in [5, 5.41) is 6.36. The van der Waals surface area contributed by atoms with Gasteiger partial charge in [0.1, 0.15) is 0 Å². The number of aromatic nitrogens is 4. The molecule has 112 valence electrons. The number of nitrogens with zero attached hydrogens (tertiary/aromatic N) is 4. The van der Waals surface area contributed by atoms with Crippen molar-refractivity contribution in [1.29, 1.82) is 0 Å². The number of methoxy groups -OCH3 is 1. The maximum Gasteiger partial charge on any atom is 0.322 e. The molecule has 2 heterocycles. The summed E-state index contributed by atoms with van der Waals surface area (Å²) in [6.45, 7) is 4.90. The van der Waals surface area contributed by atoms with Crippen molar-refractivity contribution in [2.45, 2.75) is 26.3 Å². The molecule has 0 spiro atoms. The molecule has 21 heavy (non-hydrogen) atoms. The average Bonchev–Trinajstić information content (AvgIpc) is 2.53. The van der Waals surface area contributed by atoms with E-state index in [9.17, 15) is 0 Å². The molecular formula is C14H20N6O. The molecule has 2 rings (SSSR count). The van der Waals surface area contributed by atoms with Gasteiger partial charge >= 0.3 is 6.01 Å². The van der Waals surface area contributed by atoms with Crippen LogP contribution in [-0.2, 0) is 0 Å². The molecule has 0 aromatic carbocycles. The Morgan fingerprint density at radius 1 is 1.24 bits per heavy atom. The zero-order valence-corrected chi connectivity index (χ0v) is 12.5. The van der Waals surface area contributed by atoms with E-state index < -0.39 is 0 Å². The van der Waals surface area contributed by atoms with E-state index in [1.807, 2.05) is 25.3 Å². The van der Waals surface area contributed by atoms with E-state index in [2.05, 4.69) is 37.5 Å². The Hall–Kier alpha value is -2.44. The molecule has 7 heteroatoms. The normalized spacial score (nSPS) is 11.8. The smallest absolute Gasteiger partial charge is 0.322 e. The quantitative estimate of drug-likeness (QED) is 0.808. The molecule has 0 bridgehead atoms. The molecule has 0 aliphatic carbocycles. The Balaban J connectivity index is 2.14. The molecule has 0 aliphatic rings. The molecular weight excluding hydrogens is 268 g/mol. The maximum atomic E-state index is 5.11. The average molecular weight is 288 g/mol. The summed E-state index contributed by atoms with van der Waals surface area (Å²) in [7, 11) is 1.53. The number of ether oxygens (including phenoxy) is 1. The monoisotopic (exact) mass is 288 g/mol. The second kappa shape index (κ2) is 7.37. The first kappa shape index (κ1) is 15.0. The molecule has 0 saturated carbocycles. The zero-order valence-electron chi connectivity index (χ0n) is 12.5. The summed E-state index contributed by atoms with van der Waals surface area (Å²) in [6, 6.07) is 4.21. The SMILES string of the molecule is CCCNc1nc(NC(C)c2cccnc2)nc(OC)n1. The van der Waals surface area contributed by atoms with Gasteiger partial charge in [-0.25, -0.2) is 0 Å². The molecule has 0 fully saturated rings. The first-order valence-corrected chi connectivity index (χ1v) is 6.93. The van der Waals surface area contributed by atoms with Crippen LogP contribution < -0.4 is 15.4 Å². The summed E-state index contributed by atoms with van der Waals surface area (Å²) in [5.74, 6) is 0.974. The van der Waals surface area contributed by atoms with Crippen molar-refractivity contribution in [2.75, 3.05) is 24.3 Å². The third kappa shape index (κ3) is 4.27. The van der Waals surface area contributed by atoms with Gasteiger partial charge in [-0.15, -0.1) is 0 Å². The van der Waals surface area contributed by atoms with Crippen molar-refractivity contribution >= 4 is 11.9 Å². The molecule has 1 atom stereocenters. The third-order valence-corrected chi connectivity index (χ3v) is 2.86. The van der Waals surface area contributed by atoms with Crippen LogP contribution in [0.25, 0.3) is 0 Å². The summed E-state index contributed by atoms with van der Waals surface area (Å²) >= 11 is 0. The highest BCUT2D eigenvalue weighted by Gasteiger charge is 2.10. The Bertz CT molecular complexity index is 563. The number of hydrogen-bond donors (Lipinski definition) is 2. The Morgan fingerprint density at radius 2 is 2.05 bits per heavy atom. The van der Waals surface area contributed by atoms with Crippen molar-refractivity contribution in [1.82, 2.24) is 19.9 Å². The fraction of sp³-hybridized carbons (Fsp3) is 0.429. The van der Waals surface area contributed by atoms with Crippen molar-refractivity contribution in [3.05, 3.63) is 30.1 Å². The molecule has 2 aromatic heterocycles. The van der Waals surface area contributed by atoms with E-state index in [0.29, 0.717) is 11.9 Å². The van der Waals surface area contributed by atoms with Gasteiger partial charge in [-0.2, -0.15) is 15.0 Å². The lowest BCUT2D eigenvalue weighted by molar-refractivity contribution is 0.379. The largest absolute Gasteiger partial charge is 0.467 e. The first-order valence-electron chi connectivity index (χ1n) is 6.93. The molecule has 0 saturated heterocycles. The van der Waals surface area contributed by atoms with Gasteiger partial charge in [0.2, 0.25) is 11.9 Å². The lowest BCUT2D eigenvalue weighted by atomic mass is 10.1. The predicted molar refractivity (Wildman–Crippen MR) is 81.4 cm³/mol. The number of hydrogen-bond acceptors (Lipinski definition) is 7. The van der Waals surface area contributed by atoms with Gasteiger partial charge in [0.05, 0.1) is 13.2 Å². The van der Waals surface area contributed by atoms with Crippen molar-refractivity contribution in [3.63, 3.8) is 0 Å². The van der Waals surface area contributed by atoms with Gasteiger partial charge in [-0.1, -0.05) is 13.0 Å². The maximum absolute atomic E-state index is 5.11. The van der Waals surface area contributed by atoms with Gasteiger partial charge in [0.15, 0.2) is 0 Å². The van der Waals surface area contributed by atoms with Crippen LogP contribution >= 0.6 is 0 Å². The Kier molecular flexibility index (Phi) is 5.25. The zero-order chi connectivity index (χ0) is 15.1. The fourth-order valence-electron chi connectivity index (χ4n) is 1.74. The number of nitrogens with one attached hydrogen (secondary N) is 2. The molecule has 0 aliphatic heterocycles. The fourth-order valence-corrected chi connectivity index (χ4v) is 1.74. The van der Waals surface area contributed by atoms with E-state index >= 15 is 0 Å². The number of pyridine rings is 1. The lowest BCUT2D eigenvalue weighted by Crippen LogP contribution is -2.13. The Morgan fingerprint density at radius 3 is 2.71 bits per heavy atom. The van der Waals surface area contributed by atoms with E-state index in [4.69, 9.17) is 4.74 Å². The van der Waals surface area contributed by atoms with E-state index in [0.717, 1.165) is 18.5 Å². The summed E-state index contributed by atoms with van der Waals surface area (Å²) in [5.41, 5.74) is 1.06. The molecule has 2 N–H and O–H groups in total. The van der Waals surface area contributed by atoms with Crippen LogP contribution in [-0.4, -0.2) is 33.6 Å². The second-order valence-electron chi connectivity index (χ2n) is 4.55. The minimum absolute atomic E-state index is 0.0323. The van der Waals surface area contributed by atoms with Crippen molar-refractivity contribution in [2.24, 2.45) is 0 Å². The molecule has 1 unspecified atom stereocenters. The minimum atomic E-state index is 0.0323. The van der Waals surface area contributed by atoms with Crippen LogP contribution in [0.5, 0.6) is 6.01 Å². The van der Waals surface area contributed by atoms with Gasteiger partial charge in [-0.3, -0.25) is 4.98 Å². The van der Waals surface area contributed by atoms with Gasteiger partial charge in [0.25, 0.3) is 0 Å². The summed E-state index contributed by atoms with van der Waals surface area (Å²) < 4.78 is 5.11. The first-order chi connectivity index (χ1) is 10.2. The van der Waals surface area contributed by atoms with Crippen LogP contribution in [0.4, 0.5) is 11.9 Å². The molecule has 2 aromatic rings. The Labute approximate surface area is 124 Å².